The van der Waals surface area contributed by atoms with E-state index in [1.807, 2.05) is 6.92 Å². The Morgan fingerprint density at radius 1 is 1.37 bits per heavy atom. The Balaban J connectivity index is 3.44. The summed E-state index contributed by atoms with van der Waals surface area (Å²) in [5.41, 5.74) is 0.123. The Labute approximate surface area is 112 Å². The lowest BCUT2D eigenvalue weighted by Gasteiger charge is -2.17. The van der Waals surface area contributed by atoms with Crippen LogP contribution >= 0.6 is 0 Å². The van der Waals surface area contributed by atoms with Gasteiger partial charge in [-0.05, 0) is 13.0 Å². The van der Waals surface area contributed by atoms with Crippen LogP contribution in [-0.4, -0.2) is 37.8 Å². The highest BCUT2D eigenvalue weighted by molar-refractivity contribution is 7.89. The molecule has 0 bridgehead atoms. The summed E-state index contributed by atoms with van der Waals surface area (Å²) in [6.45, 7) is 4.33. The van der Waals surface area contributed by atoms with Crippen LogP contribution in [0.5, 0.6) is 0 Å². The summed E-state index contributed by atoms with van der Waals surface area (Å²) in [7, 11) is -2.30. The highest BCUT2D eigenvalue weighted by atomic mass is 32.2. The van der Waals surface area contributed by atoms with Gasteiger partial charge in [-0.3, -0.25) is 10.1 Å². The normalized spacial score (nSPS) is 11.6. The van der Waals surface area contributed by atoms with Crippen molar-refractivity contribution in [3.8, 4) is 0 Å². The molecule has 0 fully saturated rings. The number of benzene rings is 1. The summed E-state index contributed by atoms with van der Waals surface area (Å²) in [4.78, 5) is 10.1. The fraction of sp³-hybridized carbons (Fsp3) is 0.455. The van der Waals surface area contributed by atoms with Gasteiger partial charge in [0.15, 0.2) is 0 Å². The molecule has 106 valence electrons. The monoisotopic (exact) mass is 287 g/mol. The van der Waals surface area contributed by atoms with E-state index in [0.717, 1.165) is 10.4 Å². The molecule has 0 unspecified atom stereocenters. The van der Waals surface area contributed by atoms with Gasteiger partial charge < -0.3 is 5.32 Å². The largest absolute Gasteiger partial charge is 0.384 e. The van der Waals surface area contributed by atoms with E-state index in [-0.39, 0.29) is 17.1 Å². The summed E-state index contributed by atoms with van der Waals surface area (Å²) >= 11 is 0. The van der Waals surface area contributed by atoms with Crippen LogP contribution in [0.4, 0.5) is 11.4 Å². The molecule has 19 heavy (non-hydrogen) atoms. The van der Waals surface area contributed by atoms with Gasteiger partial charge in [0.2, 0.25) is 10.0 Å². The van der Waals surface area contributed by atoms with E-state index in [1.54, 1.807) is 6.92 Å². The van der Waals surface area contributed by atoms with Crippen molar-refractivity contribution >= 4 is 21.4 Å². The second-order valence-corrected chi connectivity index (χ2v) is 5.90. The zero-order valence-corrected chi connectivity index (χ0v) is 11.9. The Morgan fingerprint density at radius 3 is 2.47 bits per heavy atom. The molecule has 0 aliphatic rings. The zero-order valence-electron chi connectivity index (χ0n) is 11.1. The molecule has 8 heteroatoms. The van der Waals surface area contributed by atoms with Crippen LogP contribution < -0.4 is 5.32 Å². The Bertz CT molecular complexity index is 571. The number of sulfonamides is 1. The maximum absolute atomic E-state index is 12.3. The molecule has 0 atom stereocenters. The minimum Gasteiger partial charge on any atom is -0.384 e. The number of rotatable bonds is 6. The van der Waals surface area contributed by atoms with E-state index in [2.05, 4.69) is 5.32 Å². The molecular weight excluding hydrogens is 270 g/mol. The van der Waals surface area contributed by atoms with Gasteiger partial charge >= 0.3 is 0 Å². The van der Waals surface area contributed by atoms with Crippen molar-refractivity contribution in [1.82, 2.24) is 4.31 Å². The summed E-state index contributed by atoms with van der Waals surface area (Å²) in [5, 5.41) is 13.7. The molecule has 0 saturated carbocycles. The molecule has 1 aromatic rings. The highest BCUT2D eigenvalue weighted by Crippen LogP contribution is 2.28. The number of hydrogen-bond acceptors (Lipinski definition) is 5. The first-order valence-electron chi connectivity index (χ1n) is 5.83. The number of anilines is 1. The van der Waals surface area contributed by atoms with Gasteiger partial charge in [0.05, 0.1) is 10.6 Å². The van der Waals surface area contributed by atoms with Gasteiger partial charge in [0.25, 0.3) is 5.69 Å². The second kappa shape index (κ2) is 5.98. The lowest BCUT2D eigenvalue weighted by atomic mass is 10.3. The van der Waals surface area contributed by atoms with Gasteiger partial charge in [0.1, 0.15) is 4.90 Å². The predicted octanol–water partition coefficient (Wildman–Crippen LogP) is 1.67. The molecule has 0 saturated heterocycles. The first-order chi connectivity index (χ1) is 8.84. The number of non-ortho nitro benzene ring substituents is 1. The fourth-order valence-electron chi connectivity index (χ4n) is 1.51. The number of nitrogens with zero attached hydrogens (tertiary/aromatic N) is 2. The quantitative estimate of drug-likeness (QED) is 0.634. The van der Waals surface area contributed by atoms with Crippen molar-refractivity contribution in [3.05, 3.63) is 28.3 Å². The molecule has 0 radical (unpaired) electrons. The second-order valence-electron chi connectivity index (χ2n) is 3.89. The van der Waals surface area contributed by atoms with E-state index >= 15 is 0 Å². The van der Waals surface area contributed by atoms with Crippen LogP contribution in [-0.2, 0) is 10.0 Å². The predicted molar refractivity (Wildman–Crippen MR) is 72.7 cm³/mol. The van der Waals surface area contributed by atoms with E-state index in [4.69, 9.17) is 0 Å². The van der Waals surface area contributed by atoms with Gasteiger partial charge in [-0.1, -0.05) is 6.92 Å². The lowest BCUT2D eigenvalue weighted by Crippen LogP contribution is -2.27. The van der Waals surface area contributed by atoms with Gasteiger partial charge in [-0.15, -0.1) is 0 Å². The van der Waals surface area contributed by atoms with Crippen molar-refractivity contribution in [2.75, 3.05) is 25.5 Å². The SMILES string of the molecule is CCNc1ccc([N+](=O)[O-])cc1S(=O)(=O)N(C)CC. The first kappa shape index (κ1) is 15.4. The van der Waals surface area contributed by atoms with E-state index in [0.29, 0.717) is 12.2 Å². The standard InChI is InChI=1S/C11H17N3O4S/c1-4-12-10-7-6-9(14(15)16)8-11(10)19(17,18)13(3)5-2/h6-8,12H,4-5H2,1-3H3. The Morgan fingerprint density at radius 2 is 2.00 bits per heavy atom. The molecule has 1 N–H and O–H groups in total. The number of nitro groups is 1. The molecule has 0 heterocycles. The minimum absolute atomic E-state index is 0.0760. The summed E-state index contributed by atoms with van der Waals surface area (Å²) in [6.07, 6.45) is 0. The molecule has 7 nitrogen and oxygen atoms in total. The lowest BCUT2D eigenvalue weighted by molar-refractivity contribution is -0.385. The van der Waals surface area contributed by atoms with Crippen molar-refractivity contribution in [3.63, 3.8) is 0 Å². The van der Waals surface area contributed by atoms with Crippen LogP contribution in [0.2, 0.25) is 0 Å². The maximum Gasteiger partial charge on any atom is 0.270 e. The van der Waals surface area contributed by atoms with Crippen molar-refractivity contribution in [2.45, 2.75) is 18.7 Å². The summed E-state index contributed by atoms with van der Waals surface area (Å²) < 4.78 is 25.7. The summed E-state index contributed by atoms with van der Waals surface area (Å²) in [5.74, 6) is 0. The van der Waals surface area contributed by atoms with E-state index < -0.39 is 14.9 Å². The third kappa shape index (κ3) is 3.21. The molecule has 0 aliphatic carbocycles. The molecule has 1 aromatic carbocycles. The van der Waals surface area contributed by atoms with Gasteiger partial charge in [-0.2, -0.15) is 0 Å². The van der Waals surface area contributed by atoms with Gasteiger partial charge in [-0.25, -0.2) is 12.7 Å². The smallest absolute Gasteiger partial charge is 0.270 e. The molecular formula is C11H17N3O4S. The molecule has 0 spiro atoms. The summed E-state index contributed by atoms with van der Waals surface area (Å²) in [6, 6.07) is 3.78. The van der Waals surface area contributed by atoms with Crippen molar-refractivity contribution < 1.29 is 13.3 Å². The average Bonchev–Trinajstić information content (AvgIpc) is 2.38. The Kier molecular flexibility index (Phi) is 4.84. The number of hydrogen-bond donors (Lipinski definition) is 1. The van der Waals surface area contributed by atoms with Crippen LogP contribution in [0.25, 0.3) is 0 Å². The Hall–Kier alpha value is -1.67. The minimum atomic E-state index is -3.73. The van der Waals surface area contributed by atoms with Crippen LogP contribution in [0.1, 0.15) is 13.8 Å². The van der Waals surface area contributed by atoms with Crippen LogP contribution in [0.15, 0.2) is 23.1 Å². The average molecular weight is 287 g/mol. The molecule has 0 aliphatic heterocycles. The van der Waals surface area contributed by atoms with E-state index in [9.17, 15) is 18.5 Å². The number of nitrogens with one attached hydrogen (secondary N) is 1. The third-order valence-electron chi connectivity index (χ3n) is 2.68. The molecule has 0 aromatic heterocycles. The van der Waals surface area contributed by atoms with E-state index in [1.165, 1.54) is 19.2 Å². The fourth-order valence-corrected chi connectivity index (χ4v) is 2.88. The topological polar surface area (TPSA) is 92.5 Å². The van der Waals surface area contributed by atoms with Gasteiger partial charge in [0, 0.05) is 32.3 Å². The molecule has 0 amide bonds. The number of nitro benzene ring substituents is 1. The molecule has 1 rings (SSSR count). The maximum atomic E-state index is 12.3. The first-order valence-corrected chi connectivity index (χ1v) is 7.27. The van der Waals surface area contributed by atoms with Crippen molar-refractivity contribution in [1.29, 1.82) is 0 Å². The van der Waals surface area contributed by atoms with Crippen LogP contribution in [0.3, 0.4) is 0 Å². The highest BCUT2D eigenvalue weighted by Gasteiger charge is 2.25. The zero-order chi connectivity index (χ0) is 14.6. The third-order valence-corrected chi connectivity index (χ3v) is 4.65. The van der Waals surface area contributed by atoms with Crippen LogP contribution in [0, 0.1) is 10.1 Å². The van der Waals surface area contributed by atoms with Crippen molar-refractivity contribution in [2.24, 2.45) is 0 Å².